The number of halogens is 1. The summed E-state index contributed by atoms with van der Waals surface area (Å²) >= 11 is 7.46. The van der Waals surface area contributed by atoms with Crippen molar-refractivity contribution < 1.29 is 14.3 Å². The first-order chi connectivity index (χ1) is 13.0. The average Bonchev–Trinajstić information content (AvgIpc) is 2.97. The highest BCUT2D eigenvalue weighted by Crippen LogP contribution is 2.39. The van der Waals surface area contributed by atoms with Crippen LogP contribution >= 0.6 is 22.9 Å². The first-order valence-electron chi connectivity index (χ1n) is 8.71. The number of hydrogen-bond donors (Lipinski definition) is 1. The lowest BCUT2D eigenvalue weighted by Crippen LogP contribution is -2.21. The maximum atomic E-state index is 12.2. The van der Waals surface area contributed by atoms with Gasteiger partial charge in [-0.3, -0.25) is 9.59 Å². The van der Waals surface area contributed by atoms with Crippen LogP contribution in [0.1, 0.15) is 34.9 Å². The maximum absolute atomic E-state index is 12.2. The van der Waals surface area contributed by atoms with Crippen molar-refractivity contribution in [3.05, 3.63) is 50.9 Å². The molecule has 0 spiro atoms. The maximum Gasteiger partial charge on any atom is 0.310 e. The van der Waals surface area contributed by atoms with Gasteiger partial charge < -0.3 is 10.1 Å². The summed E-state index contributed by atoms with van der Waals surface area (Å²) in [6.07, 6.45) is 2.84. The second kappa shape index (κ2) is 8.55. The van der Waals surface area contributed by atoms with Gasteiger partial charge in [-0.05, 0) is 42.4 Å². The Labute approximate surface area is 166 Å². The number of rotatable bonds is 5. The van der Waals surface area contributed by atoms with Crippen LogP contribution in [0.5, 0.6) is 0 Å². The first kappa shape index (κ1) is 19.4. The van der Waals surface area contributed by atoms with E-state index in [-0.39, 0.29) is 6.42 Å². The summed E-state index contributed by atoms with van der Waals surface area (Å²) in [6.45, 7) is 1.79. The molecule has 0 bridgehead atoms. The highest BCUT2D eigenvalue weighted by Gasteiger charge is 2.24. The van der Waals surface area contributed by atoms with E-state index in [1.807, 2.05) is 0 Å². The Balaban J connectivity index is 1.58. The monoisotopic (exact) mass is 402 g/mol. The first-order valence-corrected chi connectivity index (χ1v) is 9.91. The van der Waals surface area contributed by atoms with E-state index in [9.17, 15) is 14.9 Å². The largest absolute Gasteiger partial charge is 0.455 e. The zero-order chi connectivity index (χ0) is 19.4. The number of nitriles is 1. The van der Waals surface area contributed by atoms with E-state index < -0.39 is 18.5 Å². The topological polar surface area (TPSA) is 79.2 Å². The number of thiophene rings is 1. The SMILES string of the molecule is C[C@H]1CCc2c(sc(NC(=O)COC(=O)Cc3ccccc3Cl)c2C#N)C1. The second-order valence-corrected chi connectivity index (χ2v) is 8.16. The highest BCUT2D eigenvalue weighted by molar-refractivity contribution is 7.16. The van der Waals surface area contributed by atoms with Gasteiger partial charge in [-0.25, -0.2) is 0 Å². The van der Waals surface area contributed by atoms with Crippen LogP contribution in [0.25, 0.3) is 0 Å². The molecule has 0 radical (unpaired) electrons. The average molecular weight is 403 g/mol. The Morgan fingerprint density at radius 3 is 2.93 bits per heavy atom. The number of carbonyl (C=O) groups is 2. The van der Waals surface area contributed by atoms with E-state index >= 15 is 0 Å². The fourth-order valence-corrected chi connectivity index (χ4v) is 4.69. The van der Waals surface area contributed by atoms with Crippen molar-refractivity contribution >= 4 is 39.8 Å². The van der Waals surface area contributed by atoms with Crippen molar-refractivity contribution in [2.24, 2.45) is 5.92 Å². The number of hydrogen-bond acceptors (Lipinski definition) is 5. The van der Waals surface area contributed by atoms with E-state index in [0.29, 0.717) is 27.1 Å². The van der Waals surface area contributed by atoms with Crippen molar-refractivity contribution in [1.29, 1.82) is 5.26 Å². The zero-order valence-electron chi connectivity index (χ0n) is 14.9. The number of ether oxygens (including phenoxy) is 1. The Morgan fingerprint density at radius 1 is 1.41 bits per heavy atom. The van der Waals surface area contributed by atoms with Crippen LogP contribution < -0.4 is 5.32 Å². The molecule has 2 aromatic rings. The highest BCUT2D eigenvalue weighted by atomic mass is 35.5. The van der Waals surface area contributed by atoms with Crippen molar-refractivity contribution in [2.45, 2.75) is 32.6 Å². The molecule has 7 heteroatoms. The summed E-state index contributed by atoms with van der Waals surface area (Å²) in [5.41, 5.74) is 2.24. The third-order valence-electron chi connectivity index (χ3n) is 4.53. The van der Waals surface area contributed by atoms with E-state index in [1.165, 1.54) is 11.3 Å². The molecule has 1 amide bonds. The molecule has 1 heterocycles. The Bertz CT molecular complexity index is 916. The number of carbonyl (C=O) groups excluding carboxylic acids is 2. The molecule has 1 aliphatic carbocycles. The van der Waals surface area contributed by atoms with Gasteiger partial charge >= 0.3 is 5.97 Å². The lowest BCUT2D eigenvalue weighted by atomic mass is 9.89. The summed E-state index contributed by atoms with van der Waals surface area (Å²) in [5.74, 6) is -0.402. The van der Waals surface area contributed by atoms with Gasteiger partial charge in [0.15, 0.2) is 6.61 Å². The number of benzene rings is 1. The van der Waals surface area contributed by atoms with Crippen molar-refractivity contribution in [3.63, 3.8) is 0 Å². The molecule has 27 heavy (non-hydrogen) atoms. The molecule has 3 rings (SSSR count). The van der Waals surface area contributed by atoms with E-state index in [1.54, 1.807) is 24.3 Å². The minimum atomic E-state index is -0.530. The summed E-state index contributed by atoms with van der Waals surface area (Å²) in [4.78, 5) is 25.3. The van der Waals surface area contributed by atoms with E-state index in [2.05, 4.69) is 18.3 Å². The van der Waals surface area contributed by atoms with Crippen LogP contribution in [-0.4, -0.2) is 18.5 Å². The third kappa shape index (κ3) is 4.68. The third-order valence-corrected chi connectivity index (χ3v) is 6.07. The van der Waals surface area contributed by atoms with Gasteiger partial charge in [0, 0.05) is 9.90 Å². The Hall–Kier alpha value is -2.36. The molecule has 0 aliphatic heterocycles. The number of esters is 1. The Morgan fingerprint density at radius 2 is 2.19 bits per heavy atom. The standard InChI is InChI=1S/C20H19ClN2O3S/c1-12-6-7-14-15(10-22)20(27-17(14)8-12)23-18(24)11-26-19(25)9-13-4-2-3-5-16(13)21/h2-5,12H,6-9,11H2,1H3,(H,23,24)/t12-/m0/s1. The molecule has 1 aliphatic rings. The smallest absolute Gasteiger partial charge is 0.310 e. The molecule has 5 nitrogen and oxygen atoms in total. The lowest BCUT2D eigenvalue weighted by molar-refractivity contribution is -0.146. The number of fused-ring (bicyclic) bond motifs is 1. The number of nitrogens with zero attached hydrogens (tertiary/aromatic N) is 1. The minimum absolute atomic E-state index is 0.00157. The minimum Gasteiger partial charge on any atom is -0.455 e. The summed E-state index contributed by atoms with van der Waals surface area (Å²) < 4.78 is 5.04. The number of nitrogens with one attached hydrogen (secondary N) is 1. The fraction of sp³-hybridized carbons (Fsp3) is 0.350. The molecule has 1 aromatic carbocycles. The normalized spacial score (nSPS) is 15.5. The summed E-state index contributed by atoms with van der Waals surface area (Å²) in [5, 5.41) is 13.2. The van der Waals surface area contributed by atoms with Crippen molar-refractivity contribution in [3.8, 4) is 6.07 Å². The molecule has 1 atom stereocenters. The molecular weight excluding hydrogens is 384 g/mol. The van der Waals surface area contributed by atoms with Crippen molar-refractivity contribution in [2.75, 3.05) is 11.9 Å². The molecule has 1 N–H and O–H groups in total. The predicted octanol–water partition coefficient (Wildman–Crippen LogP) is 4.12. The van der Waals surface area contributed by atoms with Crippen LogP contribution in [0.2, 0.25) is 5.02 Å². The second-order valence-electron chi connectivity index (χ2n) is 6.64. The quantitative estimate of drug-likeness (QED) is 0.763. The molecule has 140 valence electrons. The van der Waals surface area contributed by atoms with Crippen LogP contribution in [-0.2, 0) is 33.6 Å². The summed E-state index contributed by atoms with van der Waals surface area (Å²) in [7, 11) is 0. The van der Waals surface area contributed by atoms with Crippen LogP contribution in [0, 0.1) is 17.2 Å². The summed E-state index contributed by atoms with van der Waals surface area (Å²) in [6, 6.07) is 9.19. The van der Waals surface area contributed by atoms with Crippen LogP contribution in [0.3, 0.4) is 0 Å². The van der Waals surface area contributed by atoms with Gasteiger partial charge in [-0.15, -0.1) is 11.3 Å². The van der Waals surface area contributed by atoms with Gasteiger partial charge in [-0.1, -0.05) is 36.7 Å². The number of anilines is 1. The Kier molecular flexibility index (Phi) is 6.15. The van der Waals surface area contributed by atoms with E-state index in [4.69, 9.17) is 16.3 Å². The van der Waals surface area contributed by atoms with Gasteiger partial charge in [0.1, 0.15) is 11.1 Å². The lowest BCUT2D eigenvalue weighted by Gasteiger charge is -2.17. The van der Waals surface area contributed by atoms with Crippen LogP contribution in [0.4, 0.5) is 5.00 Å². The molecule has 0 unspecified atom stereocenters. The van der Waals surface area contributed by atoms with Crippen molar-refractivity contribution in [1.82, 2.24) is 0 Å². The van der Waals surface area contributed by atoms with Gasteiger partial charge in [0.25, 0.3) is 5.91 Å². The molecule has 0 fully saturated rings. The van der Waals surface area contributed by atoms with Gasteiger partial charge in [0.2, 0.25) is 0 Å². The molecular formula is C20H19ClN2O3S. The molecule has 0 saturated carbocycles. The van der Waals surface area contributed by atoms with Crippen LogP contribution in [0.15, 0.2) is 24.3 Å². The predicted molar refractivity (Wildman–Crippen MR) is 105 cm³/mol. The van der Waals surface area contributed by atoms with E-state index in [0.717, 1.165) is 29.7 Å². The molecule has 1 aromatic heterocycles. The molecule has 0 saturated heterocycles. The zero-order valence-corrected chi connectivity index (χ0v) is 16.5. The van der Waals surface area contributed by atoms with Gasteiger partial charge in [0.05, 0.1) is 12.0 Å². The number of amides is 1. The fourth-order valence-electron chi connectivity index (χ4n) is 3.11. The van der Waals surface area contributed by atoms with Gasteiger partial charge in [-0.2, -0.15) is 5.26 Å².